The fourth-order valence-electron chi connectivity index (χ4n) is 4.25. The number of nitriles is 1. The first-order valence-electron chi connectivity index (χ1n) is 10.4. The van der Waals surface area contributed by atoms with E-state index in [1.165, 1.54) is 6.07 Å². The molecule has 1 aromatic heterocycles. The van der Waals surface area contributed by atoms with Crippen LogP contribution >= 0.6 is 0 Å². The second-order valence-electron chi connectivity index (χ2n) is 7.87. The van der Waals surface area contributed by atoms with Gasteiger partial charge >= 0.3 is 6.03 Å². The van der Waals surface area contributed by atoms with Gasteiger partial charge in [-0.3, -0.25) is 10.1 Å². The number of nitro groups is 1. The van der Waals surface area contributed by atoms with Gasteiger partial charge in [0, 0.05) is 35.0 Å². The molecule has 0 fully saturated rings. The van der Waals surface area contributed by atoms with Gasteiger partial charge in [-0.1, -0.05) is 30.4 Å². The van der Waals surface area contributed by atoms with E-state index in [4.69, 9.17) is 5.26 Å². The Balaban J connectivity index is 1.48. The molecule has 9 nitrogen and oxygen atoms in total. The minimum atomic E-state index is -0.411. The minimum Gasteiger partial charge on any atom is -0.332 e. The Hall–Kier alpha value is -4.45. The number of nitrogens with zero attached hydrogens (tertiary/aromatic N) is 4. The molecule has 0 saturated carbocycles. The molecule has 0 bridgehead atoms. The Morgan fingerprint density at radius 3 is 2.76 bits per heavy atom. The molecule has 1 aliphatic rings. The molecule has 0 spiro atoms. The summed E-state index contributed by atoms with van der Waals surface area (Å²) in [5.41, 5.74) is 4.04. The van der Waals surface area contributed by atoms with Gasteiger partial charge in [-0.2, -0.15) is 10.4 Å². The number of para-hydroxylation sites is 2. The molecule has 2 N–H and O–H groups in total. The zero-order valence-electron chi connectivity index (χ0n) is 18.1. The largest absolute Gasteiger partial charge is 0.332 e. The monoisotopic (exact) mass is 442 g/mol. The lowest BCUT2D eigenvalue weighted by Crippen LogP contribution is -2.36. The fraction of sp³-hybridized carbons (Fsp3) is 0.208. The van der Waals surface area contributed by atoms with Crippen LogP contribution in [0.5, 0.6) is 0 Å². The second kappa shape index (κ2) is 8.96. The molecule has 0 aliphatic heterocycles. The molecule has 2 aromatic carbocycles. The predicted molar refractivity (Wildman–Crippen MR) is 123 cm³/mol. The Labute approximate surface area is 190 Å². The van der Waals surface area contributed by atoms with E-state index in [0.29, 0.717) is 23.4 Å². The summed E-state index contributed by atoms with van der Waals surface area (Å²) in [7, 11) is 0. The summed E-state index contributed by atoms with van der Waals surface area (Å²) in [5.74, 6) is 0.0220. The molecule has 0 unspecified atom stereocenters. The summed E-state index contributed by atoms with van der Waals surface area (Å²) in [5, 5.41) is 30.7. The minimum absolute atomic E-state index is 0.00621. The first kappa shape index (κ1) is 21.8. The van der Waals surface area contributed by atoms with E-state index in [1.807, 2.05) is 32.1 Å². The van der Waals surface area contributed by atoms with E-state index in [1.54, 1.807) is 47.1 Å². The number of urea groups is 1. The van der Waals surface area contributed by atoms with Crippen molar-refractivity contribution < 1.29 is 9.72 Å². The van der Waals surface area contributed by atoms with Gasteiger partial charge in [-0.05, 0) is 44.5 Å². The predicted octanol–water partition coefficient (Wildman–Crippen LogP) is 4.50. The van der Waals surface area contributed by atoms with E-state index in [-0.39, 0.29) is 23.7 Å². The van der Waals surface area contributed by atoms with Crippen LogP contribution in [0.25, 0.3) is 5.69 Å². The number of anilines is 1. The van der Waals surface area contributed by atoms with E-state index < -0.39 is 4.92 Å². The molecule has 33 heavy (non-hydrogen) atoms. The standard InChI is InChI=1S/C24H22N6O3/c1-15-23(16(2)29(28-15)21-8-3-4-9-22(21)30(32)33)18-10-11-20(13-18)27-24(31)26-19-7-5-6-17(12-19)14-25/h3-12,18,20H,13H2,1-2H3,(H2,26,27,31)/t18-,20-/m1/s1. The van der Waals surface area contributed by atoms with Crippen molar-refractivity contribution in [3.8, 4) is 11.8 Å². The maximum atomic E-state index is 12.4. The van der Waals surface area contributed by atoms with Crippen molar-refractivity contribution in [2.75, 3.05) is 5.32 Å². The van der Waals surface area contributed by atoms with E-state index >= 15 is 0 Å². The van der Waals surface area contributed by atoms with Gasteiger partial charge in [0.25, 0.3) is 5.69 Å². The van der Waals surface area contributed by atoms with Gasteiger partial charge < -0.3 is 10.6 Å². The first-order valence-corrected chi connectivity index (χ1v) is 10.4. The number of aromatic nitrogens is 2. The van der Waals surface area contributed by atoms with Crippen LogP contribution < -0.4 is 10.6 Å². The van der Waals surface area contributed by atoms with Crippen LogP contribution in [-0.4, -0.2) is 26.8 Å². The lowest BCUT2D eigenvalue weighted by atomic mass is 9.96. The molecule has 4 rings (SSSR count). The summed E-state index contributed by atoms with van der Waals surface area (Å²) in [6, 6.07) is 14.7. The normalized spacial score (nSPS) is 16.9. The molecule has 0 saturated heterocycles. The van der Waals surface area contributed by atoms with Crippen LogP contribution in [0.15, 0.2) is 60.7 Å². The highest BCUT2D eigenvalue weighted by atomic mass is 16.6. The number of carbonyl (C=O) groups excluding carboxylic acids is 1. The number of carbonyl (C=O) groups is 1. The number of nitro benzene ring substituents is 1. The number of rotatable bonds is 5. The van der Waals surface area contributed by atoms with Gasteiger partial charge in [0.15, 0.2) is 0 Å². The third kappa shape index (κ3) is 4.45. The SMILES string of the molecule is Cc1nn(-c2ccccc2[N+](=O)[O-])c(C)c1[C@@H]1C=C[C@@H](NC(=O)Nc2cccc(C#N)c2)C1. The van der Waals surface area contributed by atoms with Crippen LogP contribution in [0.4, 0.5) is 16.2 Å². The summed E-state index contributed by atoms with van der Waals surface area (Å²) in [6.07, 6.45) is 4.62. The number of benzene rings is 2. The van der Waals surface area contributed by atoms with Crippen molar-refractivity contribution in [2.24, 2.45) is 0 Å². The van der Waals surface area contributed by atoms with Crippen molar-refractivity contribution >= 4 is 17.4 Å². The molecule has 1 heterocycles. The van der Waals surface area contributed by atoms with Crippen molar-refractivity contribution in [1.29, 1.82) is 5.26 Å². The van der Waals surface area contributed by atoms with Gasteiger partial charge in [0.1, 0.15) is 5.69 Å². The molecule has 2 atom stereocenters. The topological polar surface area (TPSA) is 126 Å². The molecule has 0 radical (unpaired) electrons. The summed E-state index contributed by atoms with van der Waals surface area (Å²) < 4.78 is 1.62. The summed E-state index contributed by atoms with van der Waals surface area (Å²) >= 11 is 0. The van der Waals surface area contributed by atoms with Crippen LogP contribution in [-0.2, 0) is 0 Å². The quantitative estimate of drug-likeness (QED) is 0.342. The average molecular weight is 442 g/mol. The zero-order chi connectivity index (χ0) is 23.5. The molecule has 166 valence electrons. The number of allylic oxidation sites excluding steroid dienone is 1. The van der Waals surface area contributed by atoms with Crippen LogP contribution in [0, 0.1) is 35.3 Å². The highest BCUT2D eigenvalue weighted by Crippen LogP contribution is 2.35. The summed E-state index contributed by atoms with van der Waals surface area (Å²) in [6.45, 7) is 3.78. The van der Waals surface area contributed by atoms with Crippen molar-refractivity contribution in [3.63, 3.8) is 0 Å². The van der Waals surface area contributed by atoms with Crippen molar-refractivity contribution in [1.82, 2.24) is 15.1 Å². The highest BCUT2D eigenvalue weighted by molar-refractivity contribution is 5.89. The van der Waals surface area contributed by atoms with Gasteiger partial charge in [-0.15, -0.1) is 0 Å². The van der Waals surface area contributed by atoms with Crippen molar-refractivity contribution in [2.45, 2.75) is 32.2 Å². The number of aryl methyl sites for hydroxylation is 1. The Morgan fingerprint density at radius 1 is 1.21 bits per heavy atom. The number of nitrogens with one attached hydrogen (secondary N) is 2. The first-order chi connectivity index (χ1) is 15.9. The maximum absolute atomic E-state index is 12.4. The molecule has 1 aliphatic carbocycles. The summed E-state index contributed by atoms with van der Waals surface area (Å²) in [4.78, 5) is 23.5. The van der Waals surface area contributed by atoms with E-state index in [0.717, 1.165) is 17.0 Å². The van der Waals surface area contributed by atoms with E-state index in [2.05, 4.69) is 15.7 Å². The Bertz CT molecular complexity index is 1300. The lowest BCUT2D eigenvalue weighted by molar-refractivity contribution is -0.384. The molecular weight excluding hydrogens is 420 g/mol. The second-order valence-corrected chi connectivity index (χ2v) is 7.87. The highest BCUT2D eigenvalue weighted by Gasteiger charge is 2.28. The average Bonchev–Trinajstić information content (AvgIpc) is 3.36. The molecule has 2 amide bonds. The van der Waals surface area contributed by atoms with Crippen LogP contribution in [0.2, 0.25) is 0 Å². The van der Waals surface area contributed by atoms with Gasteiger partial charge in [0.05, 0.1) is 22.2 Å². The molecule has 3 aromatic rings. The zero-order valence-corrected chi connectivity index (χ0v) is 18.1. The Morgan fingerprint density at radius 2 is 2.00 bits per heavy atom. The molecular formula is C24H22N6O3. The number of hydrogen-bond acceptors (Lipinski definition) is 5. The number of hydrogen-bond donors (Lipinski definition) is 2. The molecule has 9 heteroatoms. The lowest BCUT2D eigenvalue weighted by Gasteiger charge is -2.15. The van der Waals surface area contributed by atoms with Crippen molar-refractivity contribution in [3.05, 3.63) is 93.3 Å². The van der Waals surface area contributed by atoms with Crippen LogP contribution in [0.1, 0.15) is 34.9 Å². The number of amides is 2. The Kier molecular flexibility index (Phi) is 5.91. The third-order valence-electron chi connectivity index (χ3n) is 5.67. The van der Waals surface area contributed by atoms with Gasteiger partial charge in [0.2, 0.25) is 0 Å². The van der Waals surface area contributed by atoms with Crippen LogP contribution in [0.3, 0.4) is 0 Å². The maximum Gasteiger partial charge on any atom is 0.319 e. The van der Waals surface area contributed by atoms with E-state index in [9.17, 15) is 14.9 Å². The third-order valence-corrected chi connectivity index (χ3v) is 5.67. The fourth-order valence-corrected chi connectivity index (χ4v) is 4.25. The smallest absolute Gasteiger partial charge is 0.319 e. The van der Waals surface area contributed by atoms with Gasteiger partial charge in [-0.25, -0.2) is 9.48 Å².